The second kappa shape index (κ2) is 4.96. The van der Waals surface area contributed by atoms with E-state index in [-0.39, 0.29) is 11.6 Å². The summed E-state index contributed by atoms with van der Waals surface area (Å²) in [5.41, 5.74) is -0.390. The van der Waals surface area contributed by atoms with Crippen LogP contribution in [0.2, 0.25) is 0 Å². The third-order valence-electron chi connectivity index (χ3n) is 4.78. The van der Waals surface area contributed by atoms with Gasteiger partial charge in [-0.05, 0) is 30.5 Å². The Balaban J connectivity index is 1.69. The molecular formula is C19H18O3. The van der Waals surface area contributed by atoms with E-state index >= 15 is 0 Å². The van der Waals surface area contributed by atoms with Crippen LogP contribution in [-0.4, -0.2) is 11.6 Å². The largest absolute Gasteiger partial charge is 0.424 e. The number of epoxide rings is 1. The molecule has 0 N–H and O–H groups in total. The van der Waals surface area contributed by atoms with Crippen molar-refractivity contribution in [3.8, 4) is 5.75 Å². The van der Waals surface area contributed by atoms with Gasteiger partial charge in [0.15, 0.2) is 0 Å². The zero-order chi connectivity index (χ0) is 15.0. The van der Waals surface area contributed by atoms with Crippen LogP contribution in [0.1, 0.15) is 31.2 Å². The Bertz CT molecular complexity index is 674. The molecule has 112 valence electrons. The summed E-state index contributed by atoms with van der Waals surface area (Å²) in [6.07, 6.45) is 4.05. The van der Waals surface area contributed by atoms with Gasteiger partial charge in [-0.3, -0.25) is 0 Å². The molecule has 3 nitrogen and oxygen atoms in total. The molecule has 0 amide bonds. The van der Waals surface area contributed by atoms with Crippen LogP contribution in [0, 0.1) is 0 Å². The number of rotatable bonds is 3. The topological polar surface area (TPSA) is 38.8 Å². The molecular weight excluding hydrogens is 276 g/mol. The van der Waals surface area contributed by atoms with Crippen molar-refractivity contribution in [1.82, 2.24) is 0 Å². The molecule has 2 aliphatic rings. The van der Waals surface area contributed by atoms with Crippen molar-refractivity contribution in [2.24, 2.45) is 0 Å². The molecule has 2 aromatic carbocycles. The number of ether oxygens (including phenoxy) is 2. The van der Waals surface area contributed by atoms with Gasteiger partial charge in [-0.25, -0.2) is 4.79 Å². The minimum atomic E-state index is -0.930. The lowest BCUT2D eigenvalue weighted by molar-refractivity contribution is -0.140. The van der Waals surface area contributed by atoms with E-state index < -0.39 is 5.60 Å². The Morgan fingerprint density at radius 2 is 1.50 bits per heavy atom. The molecule has 1 heterocycles. The molecule has 1 aliphatic carbocycles. The lowest BCUT2D eigenvalue weighted by Gasteiger charge is -2.16. The third-order valence-corrected chi connectivity index (χ3v) is 4.78. The van der Waals surface area contributed by atoms with Gasteiger partial charge in [-0.2, -0.15) is 0 Å². The fraction of sp³-hybridized carbons (Fsp3) is 0.316. The molecule has 0 radical (unpaired) electrons. The molecule has 2 fully saturated rings. The number of carbonyl (C=O) groups excluding carboxylic acids is 1. The van der Waals surface area contributed by atoms with Crippen LogP contribution in [0.3, 0.4) is 0 Å². The molecule has 1 aliphatic heterocycles. The molecule has 1 atom stereocenters. The maximum Gasteiger partial charge on any atom is 0.351 e. The van der Waals surface area contributed by atoms with E-state index in [2.05, 4.69) is 0 Å². The lowest BCUT2D eigenvalue weighted by Crippen LogP contribution is -2.34. The minimum Gasteiger partial charge on any atom is -0.424 e. The first-order valence-electron chi connectivity index (χ1n) is 7.80. The van der Waals surface area contributed by atoms with Crippen molar-refractivity contribution in [2.45, 2.75) is 36.9 Å². The third kappa shape index (κ3) is 1.89. The standard InChI is InChI=1S/C19H18O3/c20-17(21-16-11-5-2-6-12-16)19(15-9-3-1-4-10-15)18(22-19)13-7-8-14-18/h1-6,9-12H,7-8,13-14H2. The van der Waals surface area contributed by atoms with Gasteiger partial charge >= 0.3 is 5.97 Å². The van der Waals surface area contributed by atoms with Crippen molar-refractivity contribution in [2.75, 3.05) is 0 Å². The Kier molecular flexibility index (Phi) is 3.05. The first-order chi connectivity index (χ1) is 10.8. The van der Waals surface area contributed by atoms with E-state index in [4.69, 9.17) is 9.47 Å². The molecule has 1 spiro atoms. The normalized spacial score (nSPS) is 25.1. The average molecular weight is 294 g/mol. The van der Waals surface area contributed by atoms with E-state index in [9.17, 15) is 4.79 Å². The van der Waals surface area contributed by atoms with Gasteiger partial charge in [0, 0.05) is 0 Å². The second-order valence-corrected chi connectivity index (χ2v) is 6.05. The quantitative estimate of drug-likeness (QED) is 0.490. The SMILES string of the molecule is O=C(Oc1ccccc1)C1(c2ccccc2)OC12CCCC2. The minimum absolute atomic E-state index is 0.299. The van der Waals surface area contributed by atoms with Crippen molar-refractivity contribution in [3.63, 3.8) is 0 Å². The van der Waals surface area contributed by atoms with E-state index in [0.717, 1.165) is 31.2 Å². The van der Waals surface area contributed by atoms with Gasteiger partial charge in [0.05, 0.1) is 0 Å². The van der Waals surface area contributed by atoms with E-state index in [0.29, 0.717) is 5.75 Å². The Morgan fingerprint density at radius 3 is 2.14 bits per heavy atom. The van der Waals surface area contributed by atoms with E-state index in [1.54, 1.807) is 12.1 Å². The molecule has 0 aromatic heterocycles. The summed E-state index contributed by atoms with van der Waals surface area (Å²) in [4.78, 5) is 12.9. The Morgan fingerprint density at radius 1 is 0.909 bits per heavy atom. The zero-order valence-electron chi connectivity index (χ0n) is 12.3. The first kappa shape index (κ1) is 13.5. The van der Waals surface area contributed by atoms with Gasteiger partial charge < -0.3 is 9.47 Å². The van der Waals surface area contributed by atoms with Crippen LogP contribution in [0.5, 0.6) is 5.75 Å². The molecule has 22 heavy (non-hydrogen) atoms. The van der Waals surface area contributed by atoms with Gasteiger partial charge in [0.1, 0.15) is 11.4 Å². The predicted molar refractivity (Wildman–Crippen MR) is 82.5 cm³/mol. The number of carbonyl (C=O) groups is 1. The van der Waals surface area contributed by atoms with Crippen LogP contribution in [-0.2, 0) is 15.1 Å². The number of esters is 1. The molecule has 1 unspecified atom stereocenters. The average Bonchev–Trinajstić information content (AvgIpc) is 2.98. The monoisotopic (exact) mass is 294 g/mol. The smallest absolute Gasteiger partial charge is 0.351 e. The number of benzene rings is 2. The van der Waals surface area contributed by atoms with Crippen LogP contribution in [0.25, 0.3) is 0 Å². The molecule has 4 rings (SSSR count). The maximum absolute atomic E-state index is 12.9. The molecule has 1 saturated heterocycles. The predicted octanol–water partition coefficient (Wildman–Crippen LogP) is 3.83. The Labute approximate surface area is 129 Å². The van der Waals surface area contributed by atoms with Crippen LogP contribution in [0.15, 0.2) is 60.7 Å². The Hall–Kier alpha value is -2.13. The van der Waals surface area contributed by atoms with Crippen LogP contribution >= 0.6 is 0 Å². The summed E-state index contributed by atoms with van der Waals surface area (Å²) < 4.78 is 11.7. The summed E-state index contributed by atoms with van der Waals surface area (Å²) in [5, 5.41) is 0. The first-order valence-corrected chi connectivity index (χ1v) is 7.80. The summed E-state index contributed by atoms with van der Waals surface area (Å²) in [6, 6.07) is 18.9. The van der Waals surface area contributed by atoms with Crippen molar-refractivity contribution >= 4 is 5.97 Å². The maximum atomic E-state index is 12.9. The van der Waals surface area contributed by atoms with Gasteiger partial charge in [0.2, 0.25) is 5.60 Å². The van der Waals surface area contributed by atoms with Crippen LogP contribution in [0.4, 0.5) is 0 Å². The molecule has 3 heteroatoms. The van der Waals surface area contributed by atoms with Crippen molar-refractivity contribution in [1.29, 1.82) is 0 Å². The zero-order valence-corrected chi connectivity index (χ0v) is 12.3. The summed E-state index contributed by atoms with van der Waals surface area (Å²) in [6.45, 7) is 0. The number of para-hydroxylation sites is 1. The van der Waals surface area contributed by atoms with E-state index in [1.165, 1.54) is 0 Å². The van der Waals surface area contributed by atoms with E-state index in [1.807, 2.05) is 48.5 Å². The number of hydrogen-bond donors (Lipinski definition) is 0. The summed E-state index contributed by atoms with van der Waals surface area (Å²) in [5.74, 6) is 0.262. The van der Waals surface area contributed by atoms with Crippen LogP contribution < -0.4 is 4.74 Å². The molecule has 0 bridgehead atoms. The number of hydrogen-bond acceptors (Lipinski definition) is 3. The van der Waals surface area contributed by atoms with Gasteiger partial charge in [-0.15, -0.1) is 0 Å². The highest BCUT2D eigenvalue weighted by Gasteiger charge is 2.76. The second-order valence-electron chi connectivity index (χ2n) is 6.05. The van der Waals surface area contributed by atoms with Gasteiger partial charge in [0.25, 0.3) is 0 Å². The summed E-state index contributed by atoms with van der Waals surface area (Å²) >= 11 is 0. The van der Waals surface area contributed by atoms with Gasteiger partial charge in [-0.1, -0.05) is 61.4 Å². The van der Waals surface area contributed by atoms with Crippen molar-refractivity contribution < 1.29 is 14.3 Å². The fourth-order valence-corrected chi connectivity index (χ4v) is 3.68. The molecule has 1 saturated carbocycles. The highest BCUT2D eigenvalue weighted by molar-refractivity contribution is 5.88. The molecule has 2 aromatic rings. The van der Waals surface area contributed by atoms with Crippen molar-refractivity contribution in [3.05, 3.63) is 66.2 Å². The highest BCUT2D eigenvalue weighted by atomic mass is 16.7. The fourth-order valence-electron chi connectivity index (χ4n) is 3.68. The lowest BCUT2D eigenvalue weighted by atomic mass is 9.85. The summed E-state index contributed by atoms with van der Waals surface area (Å²) in [7, 11) is 0. The highest BCUT2D eigenvalue weighted by Crippen LogP contribution is 2.64.